The minimum absolute atomic E-state index is 0.199. The third kappa shape index (κ3) is 2.71. The Bertz CT molecular complexity index is 812. The zero-order chi connectivity index (χ0) is 15.6. The summed E-state index contributed by atoms with van der Waals surface area (Å²) in [5.74, 6) is -1.42. The molecule has 0 aliphatic rings. The van der Waals surface area contributed by atoms with Crippen LogP contribution in [0.15, 0.2) is 47.4 Å². The van der Waals surface area contributed by atoms with Gasteiger partial charge in [-0.15, -0.1) is 0 Å². The van der Waals surface area contributed by atoms with Crippen LogP contribution in [0.4, 0.5) is 14.5 Å². The molecule has 0 amide bonds. The van der Waals surface area contributed by atoms with E-state index in [1.807, 2.05) is 0 Å². The van der Waals surface area contributed by atoms with Crippen LogP contribution in [-0.2, 0) is 10.0 Å². The second-order valence-electron chi connectivity index (χ2n) is 4.17. The van der Waals surface area contributed by atoms with Gasteiger partial charge in [0.1, 0.15) is 28.2 Å². The Balaban J connectivity index is 2.55. The van der Waals surface area contributed by atoms with Gasteiger partial charge in [0.25, 0.3) is 10.0 Å². The Kier molecular flexibility index (Phi) is 3.91. The number of nitriles is 1. The lowest BCUT2D eigenvalue weighted by Crippen LogP contribution is -2.27. The van der Waals surface area contributed by atoms with Crippen molar-refractivity contribution in [2.24, 2.45) is 0 Å². The number of hydrogen-bond acceptors (Lipinski definition) is 3. The van der Waals surface area contributed by atoms with E-state index in [4.69, 9.17) is 5.26 Å². The standard InChI is InChI=1S/C14H10F2N2O2S/c1-18(11-7-5-10(15)6-8-11)21(19,20)14-4-2-3-13(16)12(14)9-17/h2-8H,1H3. The number of anilines is 1. The molecule has 0 bridgehead atoms. The summed E-state index contributed by atoms with van der Waals surface area (Å²) >= 11 is 0. The third-order valence-electron chi connectivity index (χ3n) is 2.92. The predicted molar refractivity (Wildman–Crippen MR) is 73.1 cm³/mol. The fourth-order valence-corrected chi connectivity index (χ4v) is 3.11. The number of rotatable bonds is 3. The fraction of sp³-hybridized carbons (Fsp3) is 0.0714. The molecule has 0 aliphatic carbocycles. The molecule has 7 heteroatoms. The molecule has 0 aliphatic heterocycles. The minimum Gasteiger partial charge on any atom is -0.269 e. The van der Waals surface area contributed by atoms with E-state index in [9.17, 15) is 17.2 Å². The van der Waals surface area contributed by atoms with Gasteiger partial charge in [0.05, 0.1) is 5.69 Å². The van der Waals surface area contributed by atoms with Gasteiger partial charge in [0, 0.05) is 7.05 Å². The third-order valence-corrected chi connectivity index (χ3v) is 4.74. The maximum absolute atomic E-state index is 13.5. The molecule has 2 rings (SSSR count). The topological polar surface area (TPSA) is 61.2 Å². The van der Waals surface area contributed by atoms with E-state index in [0.717, 1.165) is 28.6 Å². The number of hydrogen-bond donors (Lipinski definition) is 0. The van der Waals surface area contributed by atoms with E-state index in [-0.39, 0.29) is 5.69 Å². The predicted octanol–water partition coefficient (Wildman–Crippen LogP) is 2.66. The molecule has 21 heavy (non-hydrogen) atoms. The SMILES string of the molecule is CN(c1ccc(F)cc1)S(=O)(=O)c1cccc(F)c1C#N. The maximum Gasteiger partial charge on any atom is 0.265 e. The molecule has 0 heterocycles. The minimum atomic E-state index is -4.12. The largest absolute Gasteiger partial charge is 0.269 e. The lowest BCUT2D eigenvalue weighted by atomic mass is 10.2. The quantitative estimate of drug-likeness (QED) is 0.876. The summed E-state index contributed by atoms with van der Waals surface area (Å²) in [5.41, 5.74) is -0.351. The highest BCUT2D eigenvalue weighted by atomic mass is 32.2. The molecule has 2 aromatic carbocycles. The maximum atomic E-state index is 13.5. The van der Waals surface area contributed by atoms with Gasteiger partial charge in [-0.05, 0) is 36.4 Å². The Labute approximate surface area is 120 Å². The van der Waals surface area contributed by atoms with Gasteiger partial charge in [-0.3, -0.25) is 4.31 Å². The lowest BCUT2D eigenvalue weighted by molar-refractivity contribution is 0.587. The zero-order valence-electron chi connectivity index (χ0n) is 10.9. The average molecular weight is 308 g/mol. The average Bonchev–Trinajstić information content (AvgIpc) is 2.47. The summed E-state index contributed by atoms with van der Waals surface area (Å²) in [5, 5.41) is 8.93. The summed E-state index contributed by atoms with van der Waals surface area (Å²) in [6.07, 6.45) is 0. The molecule has 108 valence electrons. The molecule has 0 atom stereocenters. The van der Waals surface area contributed by atoms with Crippen LogP contribution in [0.2, 0.25) is 0 Å². The van der Waals surface area contributed by atoms with Gasteiger partial charge in [0.2, 0.25) is 0 Å². The molecule has 4 nitrogen and oxygen atoms in total. The first-order valence-corrected chi connectivity index (χ1v) is 7.25. The fourth-order valence-electron chi connectivity index (χ4n) is 1.77. The molecule has 0 saturated carbocycles. The van der Waals surface area contributed by atoms with Crippen molar-refractivity contribution in [1.82, 2.24) is 0 Å². The molecular formula is C14H10F2N2O2S. The van der Waals surface area contributed by atoms with Crippen molar-refractivity contribution < 1.29 is 17.2 Å². The first kappa shape index (κ1) is 14.9. The number of sulfonamides is 1. The molecule has 2 aromatic rings. The van der Waals surface area contributed by atoms with Crippen LogP contribution in [0, 0.1) is 23.0 Å². The Hall–Kier alpha value is -2.46. The van der Waals surface area contributed by atoms with Crippen molar-refractivity contribution in [2.75, 3.05) is 11.4 Å². The van der Waals surface area contributed by atoms with Crippen molar-refractivity contribution in [3.63, 3.8) is 0 Å². The summed E-state index contributed by atoms with van der Waals surface area (Å²) < 4.78 is 52.2. The molecular weight excluding hydrogens is 298 g/mol. The van der Waals surface area contributed by atoms with Crippen molar-refractivity contribution in [3.8, 4) is 6.07 Å². The van der Waals surface area contributed by atoms with Gasteiger partial charge in [0.15, 0.2) is 0 Å². The van der Waals surface area contributed by atoms with Crippen molar-refractivity contribution in [3.05, 3.63) is 59.7 Å². The number of benzene rings is 2. The van der Waals surface area contributed by atoms with E-state index in [1.54, 1.807) is 6.07 Å². The molecule has 0 unspecified atom stereocenters. The number of nitrogens with zero attached hydrogens (tertiary/aromatic N) is 2. The normalized spacial score (nSPS) is 11.0. The molecule has 0 N–H and O–H groups in total. The van der Waals surface area contributed by atoms with Crippen LogP contribution >= 0.6 is 0 Å². The molecule has 0 aromatic heterocycles. The lowest BCUT2D eigenvalue weighted by Gasteiger charge is -2.20. The monoisotopic (exact) mass is 308 g/mol. The Morgan fingerprint density at radius 1 is 1.10 bits per heavy atom. The summed E-state index contributed by atoms with van der Waals surface area (Å²) in [6.45, 7) is 0. The smallest absolute Gasteiger partial charge is 0.265 e. The van der Waals surface area contributed by atoms with Gasteiger partial charge in [-0.25, -0.2) is 17.2 Å². The summed E-state index contributed by atoms with van der Waals surface area (Å²) in [6, 6.07) is 9.68. The molecule has 0 spiro atoms. The van der Waals surface area contributed by atoms with Gasteiger partial charge < -0.3 is 0 Å². The van der Waals surface area contributed by atoms with Gasteiger partial charge in [-0.1, -0.05) is 6.07 Å². The highest BCUT2D eigenvalue weighted by Crippen LogP contribution is 2.25. The molecule has 0 fully saturated rings. The molecule has 0 radical (unpaired) electrons. The van der Waals surface area contributed by atoms with Crippen LogP contribution in [-0.4, -0.2) is 15.5 Å². The van der Waals surface area contributed by atoms with E-state index in [1.165, 1.54) is 25.2 Å². The number of halogens is 2. The van der Waals surface area contributed by atoms with Crippen LogP contribution in [0.1, 0.15) is 5.56 Å². The first-order valence-electron chi connectivity index (χ1n) is 5.81. The van der Waals surface area contributed by atoms with Crippen LogP contribution < -0.4 is 4.31 Å². The Morgan fingerprint density at radius 3 is 2.29 bits per heavy atom. The van der Waals surface area contributed by atoms with E-state index in [0.29, 0.717) is 0 Å². The van der Waals surface area contributed by atoms with Crippen LogP contribution in [0.5, 0.6) is 0 Å². The highest BCUT2D eigenvalue weighted by molar-refractivity contribution is 7.92. The van der Waals surface area contributed by atoms with E-state index in [2.05, 4.69) is 0 Å². The van der Waals surface area contributed by atoms with Crippen molar-refractivity contribution in [2.45, 2.75) is 4.90 Å². The zero-order valence-corrected chi connectivity index (χ0v) is 11.7. The van der Waals surface area contributed by atoms with E-state index < -0.39 is 32.1 Å². The van der Waals surface area contributed by atoms with Crippen molar-refractivity contribution in [1.29, 1.82) is 5.26 Å². The van der Waals surface area contributed by atoms with Crippen LogP contribution in [0.3, 0.4) is 0 Å². The second kappa shape index (κ2) is 5.50. The van der Waals surface area contributed by atoms with Crippen LogP contribution in [0.25, 0.3) is 0 Å². The first-order chi connectivity index (χ1) is 9.87. The highest BCUT2D eigenvalue weighted by Gasteiger charge is 2.26. The van der Waals surface area contributed by atoms with Crippen molar-refractivity contribution >= 4 is 15.7 Å². The Morgan fingerprint density at radius 2 is 1.71 bits per heavy atom. The second-order valence-corrected chi connectivity index (χ2v) is 6.11. The van der Waals surface area contributed by atoms with E-state index >= 15 is 0 Å². The molecule has 0 saturated heterocycles. The van der Waals surface area contributed by atoms with Gasteiger partial charge in [-0.2, -0.15) is 5.26 Å². The summed E-state index contributed by atoms with van der Waals surface area (Å²) in [4.78, 5) is -0.433. The van der Waals surface area contributed by atoms with Gasteiger partial charge >= 0.3 is 0 Å². The summed E-state index contributed by atoms with van der Waals surface area (Å²) in [7, 11) is -2.88.